The molecule has 0 saturated carbocycles. The number of hydrogen-bond donors (Lipinski definition) is 2. The molecule has 0 bridgehead atoms. The molecule has 0 fully saturated rings. The van der Waals surface area contributed by atoms with E-state index in [2.05, 4.69) is 10.3 Å². The lowest BCUT2D eigenvalue weighted by Crippen LogP contribution is -2.35. The van der Waals surface area contributed by atoms with Crippen molar-refractivity contribution in [3.8, 4) is 0 Å². The molecule has 3 N–H and O–H groups in total. The average molecular weight is 276 g/mol. The summed E-state index contributed by atoms with van der Waals surface area (Å²) in [5, 5.41) is 2.83. The van der Waals surface area contributed by atoms with Crippen molar-refractivity contribution in [3.63, 3.8) is 0 Å². The Bertz CT molecular complexity index is 594. The highest BCUT2D eigenvalue weighted by Gasteiger charge is 2.12. The lowest BCUT2D eigenvalue weighted by Gasteiger charge is -2.13. The first kappa shape index (κ1) is 14.3. The summed E-state index contributed by atoms with van der Waals surface area (Å²) in [6.07, 6.45) is 0.930. The van der Waals surface area contributed by atoms with Gasteiger partial charge in [-0.25, -0.2) is 4.98 Å². The van der Waals surface area contributed by atoms with Crippen LogP contribution < -0.4 is 11.1 Å². The topological polar surface area (TPSA) is 84.4 Å². The number of nitrogens with two attached hydrogens (primary N) is 1. The molecule has 0 atom stereocenters. The molecule has 1 aromatic heterocycles. The molecule has 0 unspecified atom stereocenters. The Kier molecular flexibility index (Phi) is 4.57. The minimum absolute atomic E-state index is 0.00461. The van der Waals surface area contributed by atoms with Crippen LogP contribution in [0.3, 0.4) is 0 Å². The maximum absolute atomic E-state index is 11.6. The molecule has 6 heteroatoms. The number of carbonyl (C=O) groups is 1. The third-order valence-corrected chi connectivity index (χ3v) is 2.89. The monoisotopic (exact) mass is 276 g/mol. The van der Waals surface area contributed by atoms with Gasteiger partial charge in [0.1, 0.15) is 5.52 Å². The zero-order chi connectivity index (χ0) is 14.5. The Hall–Kier alpha value is -2.08. The van der Waals surface area contributed by atoms with Crippen LogP contribution in [0.15, 0.2) is 22.6 Å². The molecule has 1 aromatic carbocycles. The van der Waals surface area contributed by atoms with Crippen molar-refractivity contribution >= 4 is 22.7 Å². The summed E-state index contributed by atoms with van der Waals surface area (Å²) >= 11 is 0. The number of aromatic nitrogens is 1. The van der Waals surface area contributed by atoms with Gasteiger partial charge in [0.15, 0.2) is 5.58 Å². The van der Waals surface area contributed by atoms with Crippen molar-refractivity contribution in [1.29, 1.82) is 0 Å². The predicted molar refractivity (Wildman–Crippen MR) is 78.1 cm³/mol. The SMILES string of the molecule is CCCNC(=O)CN(C)Cc1nc2c(N)cccc2o1. The third-order valence-electron chi connectivity index (χ3n) is 2.89. The molecular formula is C14H20N4O2. The van der Waals surface area contributed by atoms with E-state index >= 15 is 0 Å². The van der Waals surface area contributed by atoms with E-state index in [0.717, 1.165) is 6.42 Å². The zero-order valence-electron chi connectivity index (χ0n) is 11.8. The van der Waals surface area contributed by atoms with E-state index in [1.807, 2.05) is 31.0 Å². The van der Waals surface area contributed by atoms with E-state index < -0.39 is 0 Å². The number of para-hydroxylation sites is 1. The average Bonchev–Trinajstić information content (AvgIpc) is 2.80. The van der Waals surface area contributed by atoms with Gasteiger partial charge in [-0.15, -0.1) is 0 Å². The van der Waals surface area contributed by atoms with E-state index in [-0.39, 0.29) is 5.91 Å². The van der Waals surface area contributed by atoms with E-state index in [0.29, 0.717) is 42.3 Å². The Morgan fingerprint density at radius 1 is 1.50 bits per heavy atom. The number of hydrogen-bond acceptors (Lipinski definition) is 5. The number of carbonyl (C=O) groups excluding carboxylic acids is 1. The van der Waals surface area contributed by atoms with Crippen LogP contribution in [0.4, 0.5) is 5.69 Å². The molecular weight excluding hydrogens is 256 g/mol. The summed E-state index contributed by atoms with van der Waals surface area (Å²) in [4.78, 5) is 17.8. The molecule has 0 saturated heterocycles. The van der Waals surface area contributed by atoms with Crippen LogP contribution in [0.25, 0.3) is 11.1 Å². The number of likely N-dealkylation sites (N-methyl/N-ethyl adjacent to an activating group) is 1. The fourth-order valence-electron chi connectivity index (χ4n) is 1.94. The van der Waals surface area contributed by atoms with Gasteiger partial charge in [-0.1, -0.05) is 13.0 Å². The molecule has 0 aliphatic rings. The number of anilines is 1. The Labute approximate surface area is 117 Å². The largest absolute Gasteiger partial charge is 0.439 e. The minimum Gasteiger partial charge on any atom is -0.439 e. The minimum atomic E-state index is 0.00461. The van der Waals surface area contributed by atoms with Crippen LogP contribution in [0, 0.1) is 0 Å². The number of oxazole rings is 1. The summed E-state index contributed by atoms with van der Waals surface area (Å²) in [6.45, 7) is 3.50. The summed E-state index contributed by atoms with van der Waals surface area (Å²) in [5.74, 6) is 0.564. The summed E-state index contributed by atoms with van der Waals surface area (Å²) in [5.41, 5.74) is 7.78. The van der Waals surface area contributed by atoms with Gasteiger partial charge in [0.2, 0.25) is 11.8 Å². The van der Waals surface area contributed by atoms with Crippen LogP contribution in [0.1, 0.15) is 19.2 Å². The van der Waals surface area contributed by atoms with Crippen molar-refractivity contribution in [2.45, 2.75) is 19.9 Å². The van der Waals surface area contributed by atoms with Gasteiger partial charge in [-0.2, -0.15) is 0 Å². The number of fused-ring (bicyclic) bond motifs is 1. The number of rotatable bonds is 6. The highest BCUT2D eigenvalue weighted by Crippen LogP contribution is 2.21. The van der Waals surface area contributed by atoms with E-state index in [9.17, 15) is 4.79 Å². The van der Waals surface area contributed by atoms with Crippen LogP contribution in [-0.4, -0.2) is 35.9 Å². The molecule has 2 aromatic rings. The number of nitrogen functional groups attached to an aromatic ring is 1. The van der Waals surface area contributed by atoms with Crippen molar-refractivity contribution in [1.82, 2.24) is 15.2 Å². The van der Waals surface area contributed by atoms with Crippen molar-refractivity contribution < 1.29 is 9.21 Å². The second kappa shape index (κ2) is 6.38. The van der Waals surface area contributed by atoms with Gasteiger partial charge in [0, 0.05) is 6.54 Å². The first-order valence-corrected chi connectivity index (χ1v) is 6.69. The standard InChI is InChI=1S/C14H20N4O2/c1-3-7-16-12(19)8-18(2)9-13-17-14-10(15)5-4-6-11(14)20-13/h4-6H,3,7-9,15H2,1-2H3,(H,16,19). The Morgan fingerprint density at radius 2 is 2.30 bits per heavy atom. The molecule has 1 heterocycles. The van der Waals surface area contributed by atoms with Gasteiger partial charge in [-0.3, -0.25) is 9.69 Å². The smallest absolute Gasteiger partial charge is 0.234 e. The number of benzene rings is 1. The third kappa shape index (κ3) is 3.48. The van der Waals surface area contributed by atoms with Crippen LogP contribution >= 0.6 is 0 Å². The predicted octanol–water partition coefficient (Wildman–Crippen LogP) is 1.37. The normalized spacial score (nSPS) is 11.2. The number of amides is 1. The molecule has 20 heavy (non-hydrogen) atoms. The number of nitrogens with zero attached hydrogens (tertiary/aromatic N) is 2. The fraction of sp³-hybridized carbons (Fsp3) is 0.429. The quantitative estimate of drug-likeness (QED) is 0.778. The highest BCUT2D eigenvalue weighted by atomic mass is 16.3. The van der Waals surface area contributed by atoms with Crippen molar-refractivity contribution in [2.75, 3.05) is 25.9 Å². The van der Waals surface area contributed by atoms with E-state index in [1.54, 1.807) is 6.07 Å². The molecule has 0 spiro atoms. The molecule has 6 nitrogen and oxygen atoms in total. The molecule has 2 rings (SSSR count). The van der Waals surface area contributed by atoms with Gasteiger partial charge in [0.05, 0.1) is 18.8 Å². The maximum Gasteiger partial charge on any atom is 0.234 e. The van der Waals surface area contributed by atoms with Crippen LogP contribution in [-0.2, 0) is 11.3 Å². The highest BCUT2D eigenvalue weighted by molar-refractivity contribution is 5.85. The Balaban J connectivity index is 1.97. The fourth-order valence-corrected chi connectivity index (χ4v) is 1.94. The first-order chi connectivity index (χ1) is 9.60. The first-order valence-electron chi connectivity index (χ1n) is 6.69. The maximum atomic E-state index is 11.6. The summed E-state index contributed by atoms with van der Waals surface area (Å²) in [6, 6.07) is 5.45. The van der Waals surface area contributed by atoms with Crippen molar-refractivity contribution in [3.05, 3.63) is 24.1 Å². The van der Waals surface area contributed by atoms with Crippen molar-refractivity contribution in [2.24, 2.45) is 0 Å². The van der Waals surface area contributed by atoms with Gasteiger partial charge < -0.3 is 15.5 Å². The van der Waals surface area contributed by atoms with Gasteiger partial charge >= 0.3 is 0 Å². The van der Waals surface area contributed by atoms with E-state index in [1.165, 1.54) is 0 Å². The van der Waals surface area contributed by atoms with Crippen LogP contribution in [0.5, 0.6) is 0 Å². The van der Waals surface area contributed by atoms with Gasteiger partial charge in [-0.05, 0) is 25.6 Å². The Morgan fingerprint density at radius 3 is 3.00 bits per heavy atom. The lowest BCUT2D eigenvalue weighted by molar-refractivity contribution is -0.122. The molecule has 0 radical (unpaired) electrons. The summed E-state index contributed by atoms with van der Waals surface area (Å²) < 4.78 is 5.62. The van der Waals surface area contributed by atoms with E-state index in [4.69, 9.17) is 10.2 Å². The molecule has 1 amide bonds. The molecule has 0 aliphatic heterocycles. The molecule has 108 valence electrons. The molecule has 0 aliphatic carbocycles. The zero-order valence-corrected chi connectivity index (χ0v) is 11.8. The van der Waals surface area contributed by atoms with Crippen LogP contribution in [0.2, 0.25) is 0 Å². The summed E-state index contributed by atoms with van der Waals surface area (Å²) in [7, 11) is 1.85. The second-order valence-corrected chi connectivity index (χ2v) is 4.82. The lowest BCUT2D eigenvalue weighted by atomic mass is 10.3. The van der Waals surface area contributed by atoms with Gasteiger partial charge in [0.25, 0.3) is 0 Å². The number of nitrogens with one attached hydrogen (secondary N) is 1. The second-order valence-electron chi connectivity index (χ2n) is 4.82.